The lowest BCUT2D eigenvalue weighted by molar-refractivity contribution is 0.228. The predicted octanol–water partition coefficient (Wildman–Crippen LogP) is 2.07. The molecule has 2 heterocycles. The Bertz CT molecular complexity index is 458. The Balaban J connectivity index is 1.61. The van der Waals surface area contributed by atoms with Crippen molar-refractivity contribution in [3.8, 4) is 11.5 Å². The molecule has 4 nitrogen and oxygen atoms in total. The summed E-state index contributed by atoms with van der Waals surface area (Å²) in [6.07, 6.45) is 3.96. The summed E-state index contributed by atoms with van der Waals surface area (Å²) in [6.45, 7) is 5.59. The number of likely N-dealkylation sites (tertiary alicyclic amines) is 2. The van der Waals surface area contributed by atoms with Gasteiger partial charge in [-0.25, -0.2) is 0 Å². The second-order valence-corrected chi connectivity index (χ2v) is 5.89. The van der Waals surface area contributed by atoms with Crippen molar-refractivity contribution in [3.63, 3.8) is 0 Å². The lowest BCUT2D eigenvalue weighted by Gasteiger charge is -2.24. The summed E-state index contributed by atoms with van der Waals surface area (Å²) in [5, 5.41) is 10.2. The van der Waals surface area contributed by atoms with Gasteiger partial charge in [0.05, 0.1) is 7.11 Å². The first-order valence-corrected chi connectivity index (χ1v) is 7.59. The average Bonchev–Trinajstić information content (AvgIpc) is 3.11. The van der Waals surface area contributed by atoms with Crippen molar-refractivity contribution in [1.82, 2.24) is 9.80 Å². The summed E-state index contributed by atoms with van der Waals surface area (Å²) in [7, 11) is 1.60. The van der Waals surface area contributed by atoms with Crippen LogP contribution in [0.2, 0.25) is 0 Å². The Morgan fingerprint density at radius 3 is 2.80 bits per heavy atom. The first-order valence-electron chi connectivity index (χ1n) is 7.59. The zero-order chi connectivity index (χ0) is 13.9. The largest absolute Gasteiger partial charge is 0.504 e. The van der Waals surface area contributed by atoms with Gasteiger partial charge in [0, 0.05) is 31.2 Å². The first-order chi connectivity index (χ1) is 9.78. The number of phenols is 1. The smallest absolute Gasteiger partial charge is 0.162 e. The van der Waals surface area contributed by atoms with Crippen LogP contribution < -0.4 is 4.74 Å². The van der Waals surface area contributed by atoms with Crippen LogP contribution in [0.25, 0.3) is 0 Å². The first kappa shape index (κ1) is 13.7. The molecule has 1 unspecified atom stereocenters. The van der Waals surface area contributed by atoms with Crippen LogP contribution in [0.5, 0.6) is 11.5 Å². The van der Waals surface area contributed by atoms with Crippen molar-refractivity contribution in [2.24, 2.45) is 0 Å². The van der Waals surface area contributed by atoms with E-state index in [0.29, 0.717) is 17.5 Å². The molecule has 2 aliphatic heterocycles. The van der Waals surface area contributed by atoms with E-state index in [9.17, 15) is 5.11 Å². The van der Waals surface area contributed by atoms with E-state index in [-0.39, 0.29) is 0 Å². The van der Waals surface area contributed by atoms with E-state index in [4.69, 9.17) is 4.74 Å². The Labute approximate surface area is 120 Å². The van der Waals surface area contributed by atoms with Crippen LogP contribution >= 0.6 is 0 Å². The number of hydrogen-bond donors (Lipinski definition) is 1. The molecule has 2 aliphatic rings. The van der Waals surface area contributed by atoms with Gasteiger partial charge >= 0.3 is 0 Å². The minimum Gasteiger partial charge on any atom is -0.504 e. The van der Waals surface area contributed by atoms with E-state index in [2.05, 4.69) is 9.80 Å². The monoisotopic (exact) mass is 276 g/mol. The van der Waals surface area contributed by atoms with Crippen molar-refractivity contribution in [2.75, 3.05) is 33.3 Å². The molecular formula is C16H24N2O2. The Kier molecular flexibility index (Phi) is 4.13. The molecule has 20 heavy (non-hydrogen) atoms. The van der Waals surface area contributed by atoms with Crippen molar-refractivity contribution >= 4 is 0 Å². The minimum absolute atomic E-state index is 0.291. The highest BCUT2D eigenvalue weighted by molar-refractivity contribution is 5.45. The fourth-order valence-corrected chi connectivity index (χ4v) is 3.46. The lowest BCUT2D eigenvalue weighted by atomic mass is 10.1. The Hall–Kier alpha value is -1.26. The molecule has 2 fully saturated rings. The number of hydrogen-bond acceptors (Lipinski definition) is 4. The molecular weight excluding hydrogens is 252 g/mol. The quantitative estimate of drug-likeness (QED) is 0.913. The Morgan fingerprint density at radius 1 is 1.25 bits per heavy atom. The van der Waals surface area contributed by atoms with Crippen LogP contribution in [0, 0.1) is 0 Å². The van der Waals surface area contributed by atoms with Crippen LogP contribution in [0.3, 0.4) is 0 Å². The molecule has 1 atom stereocenters. The normalized spacial score (nSPS) is 24.4. The number of ether oxygens (including phenoxy) is 1. The van der Waals surface area contributed by atoms with E-state index in [0.717, 1.165) is 25.2 Å². The highest BCUT2D eigenvalue weighted by Crippen LogP contribution is 2.31. The molecule has 110 valence electrons. The maximum absolute atomic E-state index is 10.2. The molecule has 0 aromatic heterocycles. The molecule has 0 amide bonds. The van der Waals surface area contributed by atoms with E-state index in [1.54, 1.807) is 13.2 Å². The van der Waals surface area contributed by atoms with Gasteiger partial charge in [-0.15, -0.1) is 0 Å². The van der Waals surface area contributed by atoms with E-state index >= 15 is 0 Å². The highest BCUT2D eigenvalue weighted by Gasteiger charge is 2.29. The van der Waals surface area contributed by atoms with Crippen LogP contribution in [0.15, 0.2) is 18.2 Å². The lowest BCUT2D eigenvalue weighted by Crippen LogP contribution is -2.35. The van der Waals surface area contributed by atoms with Crippen LogP contribution in [0.4, 0.5) is 0 Å². The number of rotatable bonds is 4. The van der Waals surface area contributed by atoms with Gasteiger partial charge in [0.1, 0.15) is 0 Å². The van der Waals surface area contributed by atoms with Gasteiger partial charge in [-0.2, -0.15) is 0 Å². The molecule has 0 bridgehead atoms. The minimum atomic E-state index is 0.291. The van der Waals surface area contributed by atoms with E-state index in [1.165, 1.54) is 32.4 Å². The van der Waals surface area contributed by atoms with Crippen molar-refractivity contribution in [1.29, 1.82) is 0 Å². The van der Waals surface area contributed by atoms with Crippen molar-refractivity contribution in [3.05, 3.63) is 23.8 Å². The predicted molar refractivity (Wildman–Crippen MR) is 79.1 cm³/mol. The maximum Gasteiger partial charge on any atom is 0.162 e. The summed E-state index contributed by atoms with van der Waals surface area (Å²) >= 11 is 0. The number of benzene rings is 1. The summed E-state index contributed by atoms with van der Waals surface area (Å²) in [4.78, 5) is 5.07. The number of methoxy groups -OCH3 is 1. The highest BCUT2D eigenvalue weighted by atomic mass is 16.5. The molecule has 1 aromatic rings. The fraction of sp³-hybridized carbons (Fsp3) is 0.625. The van der Waals surface area contributed by atoms with Gasteiger partial charge in [-0.1, -0.05) is 12.1 Å². The van der Waals surface area contributed by atoms with E-state index < -0.39 is 0 Å². The van der Waals surface area contributed by atoms with Gasteiger partial charge in [-0.3, -0.25) is 9.80 Å². The maximum atomic E-state index is 10.2. The fourth-order valence-electron chi connectivity index (χ4n) is 3.46. The van der Waals surface area contributed by atoms with Gasteiger partial charge < -0.3 is 9.84 Å². The van der Waals surface area contributed by atoms with Gasteiger partial charge in [-0.05, 0) is 38.4 Å². The number of phenolic OH excluding ortho intramolecular Hbond substituents is 1. The molecule has 3 rings (SSSR count). The number of nitrogens with zero attached hydrogens (tertiary/aromatic N) is 2. The second kappa shape index (κ2) is 6.02. The molecule has 2 saturated heterocycles. The van der Waals surface area contributed by atoms with Gasteiger partial charge in [0.25, 0.3) is 0 Å². The van der Waals surface area contributed by atoms with Crippen molar-refractivity contribution < 1.29 is 9.84 Å². The standard InChI is InChI=1S/C16H24N2O2/c1-20-15-6-4-5-13(16(15)19)11-17-10-7-14(12-17)18-8-2-3-9-18/h4-6,14,19H,2-3,7-12H2,1H3. The SMILES string of the molecule is COc1cccc(CN2CCC(N3CCCC3)C2)c1O. The molecule has 0 saturated carbocycles. The third-order valence-electron chi connectivity index (χ3n) is 4.60. The number of para-hydroxylation sites is 1. The molecule has 0 spiro atoms. The molecule has 4 heteroatoms. The van der Waals surface area contributed by atoms with Crippen LogP contribution in [-0.4, -0.2) is 54.2 Å². The zero-order valence-electron chi connectivity index (χ0n) is 12.2. The van der Waals surface area contributed by atoms with Crippen LogP contribution in [0.1, 0.15) is 24.8 Å². The summed E-state index contributed by atoms with van der Waals surface area (Å²) in [5.74, 6) is 0.859. The number of aromatic hydroxyl groups is 1. The third kappa shape index (κ3) is 2.76. The molecule has 1 aromatic carbocycles. The molecule has 0 aliphatic carbocycles. The van der Waals surface area contributed by atoms with Gasteiger partial charge in [0.2, 0.25) is 0 Å². The zero-order valence-corrected chi connectivity index (χ0v) is 12.2. The topological polar surface area (TPSA) is 35.9 Å². The van der Waals surface area contributed by atoms with Crippen molar-refractivity contribution in [2.45, 2.75) is 31.8 Å². The second-order valence-electron chi connectivity index (χ2n) is 5.89. The van der Waals surface area contributed by atoms with Crippen LogP contribution in [-0.2, 0) is 6.54 Å². The summed E-state index contributed by atoms with van der Waals surface area (Å²) < 4.78 is 5.18. The molecule has 1 N–H and O–H groups in total. The van der Waals surface area contributed by atoms with Gasteiger partial charge in [0.15, 0.2) is 11.5 Å². The summed E-state index contributed by atoms with van der Waals surface area (Å²) in [6, 6.07) is 6.45. The Morgan fingerprint density at radius 2 is 2.05 bits per heavy atom. The average molecular weight is 276 g/mol. The van der Waals surface area contributed by atoms with E-state index in [1.807, 2.05) is 12.1 Å². The summed E-state index contributed by atoms with van der Waals surface area (Å²) in [5.41, 5.74) is 0.964. The molecule has 0 radical (unpaired) electrons. The third-order valence-corrected chi connectivity index (χ3v) is 4.60.